The summed E-state index contributed by atoms with van der Waals surface area (Å²) in [5, 5.41) is 4.87. The zero-order valence-corrected chi connectivity index (χ0v) is 14.1. The fourth-order valence-electron chi connectivity index (χ4n) is 2.58. The number of aryl methyl sites for hydroxylation is 1. The van der Waals surface area contributed by atoms with Gasteiger partial charge >= 0.3 is 0 Å². The van der Waals surface area contributed by atoms with Crippen molar-refractivity contribution in [1.29, 1.82) is 0 Å². The minimum Gasteiger partial charge on any atom is -0.350 e. The normalized spacial score (nSPS) is 19.8. The fraction of sp³-hybridized carbons (Fsp3) is 0.643. The third-order valence-electron chi connectivity index (χ3n) is 3.72. The van der Waals surface area contributed by atoms with Crippen molar-refractivity contribution in [3.8, 4) is 0 Å². The zero-order chi connectivity index (χ0) is 15.5. The van der Waals surface area contributed by atoms with E-state index in [9.17, 15) is 13.2 Å². The number of amides is 1. The SMILES string of the molecule is CCCS(=O)(=O)N1CCCC1C(=O)NCc1sccc1C. The summed E-state index contributed by atoms with van der Waals surface area (Å²) in [4.78, 5) is 13.4. The molecule has 5 nitrogen and oxygen atoms in total. The van der Waals surface area contributed by atoms with Crippen molar-refractivity contribution in [2.45, 2.75) is 45.7 Å². The average molecular weight is 330 g/mol. The molecule has 1 unspecified atom stereocenters. The van der Waals surface area contributed by atoms with Gasteiger partial charge in [-0.05, 0) is 43.2 Å². The number of nitrogens with zero attached hydrogens (tertiary/aromatic N) is 1. The predicted octanol–water partition coefficient (Wildman–Crippen LogP) is 1.88. The second-order valence-electron chi connectivity index (χ2n) is 5.33. The lowest BCUT2D eigenvalue weighted by atomic mass is 10.2. The van der Waals surface area contributed by atoms with Gasteiger partial charge in [-0.25, -0.2) is 8.42 Å². The molecule has 7 heteroatoms. The molecule has 1 saturated heterocycles. The van der Waals surface area contributed by atoms with Crippen LogP contribution in [0.15, 0.2) is 11.4 Å². The molecule has 0 aromatic carbocycles. The second kappa shape index (κ2) is 6.89. The second-order valence-corrected chi connectivity index (χ2v) is 8.37. The molecule has 0 saturated carbocycles. The molecule has 21 heavy (non-hydrogen) atoms. The van der Waals surface area contributed by atoms with Gasteiger partial charge in [0, 0.05) is 11.4 Å². The summed E-state index contributed by atoms with van der Waals surface area (Å²) in [6, 6.07) is 1.47. The highest BCUT2D eigenvalue weighted by Gasteiger charge is 2.37. The van der Waals surface area contributed by atoms with Crippen molar-refractivity contribution in [3.05, 3.63) is 21.9 Å². The summed E-state index contributed by atoms with van der Waals surface area (Å²) < 4.78 is 25.7. The topological polar surface area (TPSA) is 66.5 Å². The minimum atomic E-state index is -3.31. The number of hydrogen-bond acceptors (Lipinski definition) is 4. The Balaban J connectivity index is 1.99. The third-order valence-corrected chi connectivity index (χ3v) is 6.82. The quantitative estimate of drug-likeness (QED) is 0.866. The number of thiophene rings is 1. The van der Waals surface area contributed by atoms with E-state index in [0.29, 0.717) is 25.9 Å². The number of nitrogens with one attached hydrogen (secondary N) is 1. The molecule has 0 radical (unpaired) electrons. The maximum Gasteiger partial charge on any atom is 0.238 e. The molecule has 118 valence electrons. The van der Waals surface area contributed by atoms with Gasteiger partial charge in [0.1, 0.15) is 6.04 Å². The zero-order valence-electron chi connectivity index (χ0n) is 12.5. The Bertz CT molecular complexity index is 595. The van der Waals surface area contributed by atoms with E-state index in [1.165, 1.54) is 4.31 Å². The van der Waals surface area contributed by atoms with Crippen LogP contribution in [-0.2, 0) is 21.4 Å². The molecule has 1 amide bonds. The molecule has 1 fully saturated rings. The van der Waals surface area contributed by atoms with E-state index in [1.54, 1.807) is 11.3 Å². The Morgan fingerprint density at radius 2 is 2.29 bits per heavy atom. The Morgan fingerprint density at radius 3 is 2.90 bits per heavy atom. The molecular weight excluding hydrogens is 308 g/mol. The molecule has 1 aliphatic heterocycles. The van der Waals surface area contributed by atoms with Crippen molar-refractivity contribution < 1.29 is 13.2 Å². The van der Waals surface area contributed by atoms with Gasteiger partial charge in [0.25, 0.3) is 0 Å². The van der Waals surface area contributed by atoms with E-state index in [2.05, 4.69) is 5.32 Å². The molecule has 1 aromatic heterocycles. The highest BCUT2D eigenvalue weighted by Crippen LogP contribution is 2.22. The van der Waals surface area contributed by atoms with E-state index in [4.69, 9.17) is 0 Å². The van der Waals surface area contributed by atoms with Gasteiger partial charge in [-0.3, -0.25) is 4.79 Å². The lowest BCUT2D eigenvalue weighted by molar-refractivity contribution is -0.124. The first-order valence-corrected chi connectivity index (χ1v) is 9.74. The summed E-state index contributed by atoms with van der Waals surface area (Å²) in [5.41, 5.74) is 1.15. The van der Waals surface area contributed by atoms with Crippen LogP contribution in [0, 0.1) is 6.92 Å². The Kier molecular flexibility index (Phi) is 5.40. The maximum absolute atomic E-state index is 12.3. The lowest BCUT2D eigenvalue weighted by Gasteiger charge is -2.23. The van der Waals surface area contributed by atoms with Gasteiger partial charge in [-0.2, -0.15) is 4.31 Å². The number of rotatable bonds is 6. The largest absolute Gasteiger partial charge is 0.350 e. The molecule has 1 aliphatic rings. The molecule has 1 N–H and O–H groups in total. The van der Waals surface area contributed by atoms with E-state index >= 15 is 0 Å². The molecule has 0 bridgehead atoms. The number of carbonyl (C=O) groups is 1. The fourth-order valence-corrected chi connectivity index (χ4v) is 5.17. The van der Waals surface area contributed by atoms with Crippen molar-refractivity contribution in [1.82, 2.24) is 9.62 Å². The van der Waals surface area contributed by atoms with Gasteiger partial charge in [0.2, 0.25) is 15.9 Å². The first kappa shape index (κ1) is 16.5. The van der Waals surface area contributed by atoms with Gasteiger partial charge in [0.05, 0.1) is 12.3 Å². The molecule has 2 heterocycles. The summed E-state index contributed by atoms with van der Waals surface area (Å²) >= 11 is 1.60. The smallest absolute Gasteiger partial charge is 0.238 e. The molecular formula is C14H22N2O3S2. The Morgan fingerprint density at radius 1 is 1.52 bits per heavy atom. The van der Waals surface area contributed by atoms with Crippen LogP contribution in [-0.4, -0.2) is 37.0 Å². The van der Waals surface area contributed by atoms with E-state index in [-0.39, 0.29) is 11.7 Å². The van der Waals surface area contributed by atoms with Crippen LogP contribution in [0.3, 0.4) is 0 Å². The Labute approximate surface area is 130 Å². The van der Waals surface area contributed by atoms with Gasteiger partial charge in [0.15, 0.2) is 0 Å². The van der Waals surface area contributed by atoms with Crippen LogP contribution in [0.5, 0.6) is 0 Å². The van der Waals surface area contributed by atoms with Crippen molar-refractivity contribution >= 4 is 27.3 Å². The van der Waals surface area contributed by atoms with Crippen LogP contribution in [0.1, 0.15) is 36.6 Å². The number of carbonyl (C=O) groups excluding carboxylic acids is 1. The Hall–Kier alpha value is -0.920. The van der Waals surface area contributed by atoms with Crippen LogP contribution < -0.4 is 5.32 Å². The van der Waals surface area contributed by atoms with Crippen LogP contribution in [0.2, 0.25) is 0 Å². The van der Waals surface area contributed by atoms with E-state index < -0.39 is 16.1 Å². The molecule has 2 rings (SSSR count). The van der Waals surface area contributed by atoms with Gasteiger partial charge in [-0.1, -0.05) is 6.92 Å². The van der Waals surface area contributed by atoms with Crippen LogP contribution in [0.4, 0.5) is 0 Å². The molecule has 0 spiro atoms. The average Bonchev–Trinajstić information content (AvgIpc) is 3.05. The summed E-state index contributed by atoms with van der Waals surface area (Å²) in [7, 11) is -3.31. The van der Waals surface area contributed by atoms with Gasteiger partial charge < -0.3 is 5.32 Å². The molecule has 0 aliphatic carbocycles. The predicted molar refractivity (Wildman–Crippen MR) is 84.7 cm³/mol. The molecule has 1 atom stereocenters. The highest BCUT2D eigenvalue weighted by atomic mass is 32.2. The summed E-state index contributed by atoms with van der Waals surface area (Å²) in [5.74, 6) is -0.0687. The maximum atomic E-state index is 12.3. The summed E-state index contributed by atoms with van der Waals surface area (Å²) in [6.07, 6.45) is 1.93. The first-order valence-electron chi connectivity index (χ1n) is 7.26. The molecule has 1 aromatic rings. The van der Waals surface area contributed by atoms with Crippen molar-refractivity contribution in [3.63, 3.8) is 0 Å². The van der Waals surface area contributed by atoms with Crippen LogP contribution in [0.25, 0.3) is 0 Å². The minimum absolute atomic E-state index is 0.112. The van der Waals surface area contributed by atoms with Gasteiger partial charge in [-0.15, -0.1) is 11.3 Å². The van der Waals surface area contributed by atoms with E-state index in [1.807, 2.05) is 25.3 Å². The van der Waals surface area contributed by atoms with Crippen LogP contribution >= 0.6 is 11.3 Å². The number of hydrogen-bond donors (Lipinski definition) is 1. The summed E-state index contributed by atoms with van der Waals surface area (Å²) in [6.45, 7) is 4.77. The third kappa shape index (κ3) is 3.84. The van der Waals surface area contributed by atoms with Crippen molar-refractivity contribution in [2.24, 2.45) is 0 Å². The monoisotopic (exact) mass is 330 g/mol. The van der Waals surface area contributed by atoms with Crippen molar-refractivity contribution in [2.75, 3.05) is 12.3 Å². The number of sulfonamides is 1. The standard InChI is InChI=1S/C14H22N2O3S2/c1-3-9-21(18,19)16-7-4-5-12(16)14(17)15-10-13-11(2)6-8-20-13/h6,8,12H,3-5,7,9-10H2,1-2H3,(H,15,17). The first-order chi connectivity index (χ1) is 9.95. The lowest BCUT2D eigenvalue weighted by Crippen LogP contribution is -2.46. The highest BCUT2D eigenvalue weighted by molar-refractivity contribution is 7.89. The van der Waals surface area contributed by atoms with E-state index in [0.717, 1.165) is 16.9 Å².